The molecule has 0 heterocycles. The molecule has 0 amide bonds. The fraction of sp³-hybridized carbons (Fsp3) is 0.172. The largest absolute Gasteiger partial charge is 0.542 e. The number of benzene rings is 16. The predicted molar refractivity (Wildman–Crippen MR) is 525 cm³/mol. The van der Waals surface area contributed by atoms with Crippen molar-refractivity contribution in [2.75, 3.05) is 0 Å². The van der Waals surface area contributed by atoms with Crippen LogP contribution in [0.2, 0.25) is 0 Å². The van der Waals surface area contributed by atoms with Crippen molar-refractivity contribution in [1.82, 2.24) is 0 Å². The molecule has 0 aromatic heterocycles. The quantitative estimate of drug-likeness (QED) is 0.0360. The third-order valence-corrected chi connectivity index (χ3v) is 40.1. The van der Waals surface area contributed by atoms with Crippen LogP contribution in [0.4, 0.5) is 0 Å². The van der Waals surface area contributed by atoms with E-state index >= 15 is 0 Å². The molecule has 8 heteroatoms. The van der Waals surface area contributed by atoms with Crippen molar-refractivity contribution in [3.63, 3.8) is 0 Å². The molecule has 0 spiro atoms. The van der Waals surface area contributed by atoms with Crippen LogP contribution in [0.25, 0.3) is 0 Å². The zero-order valence-electron chi connectivity index (χ0n) is 72.3. The minimum Gasteiger partial charge on any atom is -0.542 e. The molecular formula is C116H114O4Si4. The summed E-state index contributed by atoms with van der Waals surface area (Å²) >= 11 is 0. The summed E-state index contributed by atoms with van der Waals surface area (Å²) in [5.74, 6) is 3.72. The van der Waals surface area contributed by atoms with E-state index in [4.69, 9.17) is 17.7 Å². The highest BCUT2D eigenvalue weighted by molar-refractivity contribution is 6.74. The van der Waals surface area contributed by atoms with E-state index in [-0.39, 0.29) is 11.8 Å². The second kappa shape index (κ2) is 41.2. The second-order valence-electron chi connectivity index (χ2n) is 34.9. The average Bonchev–Trinajstić information content (AvgIpc) is 0.788. The summed E-state index contributed by atoms with van der Waals surface area (Å²) in [5, 5.41) is 0. The van der Waals surface area contributed by atoms with E-state index in [0.717, 1.165) is 131 Å². The summed E-state index contributed by atoms with van der Waals surface area (Å²) in [6.45, 7) is 9.15. The number of hydrogen-bond acceptors (Lipinski definition) is 4. The summed E-state index contributed by atoms with van der Waals surface area (Å²) in [6, 6.07) is 172. The Morgan fingerprint density at radius 1 is 0.161 bits per heavy atom. The maximum absolute atomic E-state index is 8.00. The molecule has 0 fully saturated rings. The first-order valence-corrected chi connectivity index (χ1v) is 54.6. The monoisotopic (exact) mass is 1680 g/mol. The Morgan fingerprint density at radius 2 is 0.282 bits per heavy atom. The fourth-order valence-corrected chi connectivity index (χ4v) is 36.0. The topological polar surface area (TPSA) is 36.9 Å². The zero-order chi connectivity index (χ0) is 84.7. The van der Waals surface area contributed by atoms with Crippen LogP contribution >= 0.6 is 0 Å². The first-order chi connectivity index (χ1) is 60.8. The van der Waals surface area contributed by atoms with Crippen molar-refractivity contribution in [3.8, 4) is 23.0 Å². The van der Waals surface area contributed by atoms with E-state index in [1.54, 1.807) is 0 Å². The molecule has 0 N–H and O–H groups in total. The van der Waals surface area contributed by atoms with E-state index in [1.807, 2.05) is 0 Å². The van der Waals surface area contributed by atoms with Crippen LogP contribution in [0.15, 0.2) is 437 Å². The van der Waals surface area contributed by atoms with Gasteiger partial charge in [0.05, 0.1) is 0 Å². The lowest BCUT2D eigenvalue weighted by Gasteiger charge is -2.35. The Bertz CT molecular complexity index is 4840. The fourth-order valence-electron chi connectivity index (χ4n) is 19.1. The van der Waals surface area contributed by atoms with Gasteiger partial charge in [0, 0.05) is 84.4 Å². The van der Waals surface area contributed by atoms with Crippen LogP contribution in [0.5, 0.6) is 23.0 Å². The molecule has 0 saturated carbocycles. The first kappa shape index (κ1) is 85.2. The molecule has 0 aliphatic rings. The van der Waals surface area contributed by atoms with Crippen LogP contribution in [0.3, 0.4) is 0 Å². The lowest BCUT2D eigenvalue weighted by atomic mass is 9.80. The number of rotatable bonds is 39. The van der Waals surface area contributed by atoms with Gasteiger partial charge in [-0.2, -0.15) is 0 Å². The molecule has 0 radical (unpaired) electrons. The van der Waals surface area contributed by atoms with Crippen molar-refractivity contribution < 1.29 is 17.7 Å². The maximum Gasteiger partial charge on any atom is 0.264 e. The average molecular weight is 1680 g/mol. The molecule has 0 unspecified atom stereocenters. The smallest absolute Gasteiger partial charge is 0.264 e. The van der Waals surface area contributed by atoms with Gasteiger partial charge in [0.25, 0.3) is 33.3 Å². The molecule has 0 aliphatic heterocycles. The standard InChI is InChI=1S/C116H114O4Si4/c1-91-75-107(65-71-113(91)117-121(79-95-41-17-5-18-42-95,80-96-43-19-6-20-44-96)81-97-45-21-7-22-46-97)111(108-66-72-114(92(2)76-108)118-122(82-98-47-23-8-24-48-98,83-99-49-25-9-26-50-99)84-100-51-27-10-28-52-100)69-70-112(109-67-73-115(93(3)77-109)119-123(85-101-53-29-11-30-54-101,86-102-55-31-12-32-56-102)87-103-57-33-13-34-58-103)110-68-74-116(94(4)78-110)120-124(88-104-59-35-14-36-60-104,89-105-61-37-15-38-62-105)90-106-63-39-16-40-64-106/h5-68,71-78,111-112H,69-70,79-90H2,1-4H3. The van der Waals surface area contributed by atoms with E-state index in [9.17, 15) is 0 Å². The molecule has 0 saturated heterocycles. The lowest BCUT2D eigenvalue weighted by Crippen LogP contribution is -2.50. The maximum atomic E-state index is 8.00. The van der Waals surface area contributed by atoms with Gasteiger partial charge >= 0.3 is 0 Å². The van der Waals surface area contributed by atoms with E-state index in [0.29, 0.717) is 0 Å². The predicted octanol–water partition coefficient (Wildman–Crippen LogP) is 27.3. The molecule has 0 bridgehead atoms. The van der Waals surface area contributed by atoms with Gasteiger partial charge in [0.15, 0.2) is 0 Å². The minimum atomic E-state index is -2.79. The summed E-state index contributed by atoms with van der Waals surface area (Å²) in [7, 11) is -11.2. The van der Waals surface area contributed by atoms with Gasteiger partial charge in [-0.25, -0.2) is 0 Å². The summed E-state index contributed by atoms with van der Waals surface area (Å²) in [6.07, 6.45) is 1.65. The number of aryl methyl sites for hydroxylation is 4. The van der Waals surface area contributed by atoms with E-state index in [1.165, 1.54) is 89.0 Å². The van der Waals surface area contributed by atoms with Crippen molar-refractivity contribution in [2.24, 2.45) is 0 Å². The Balaban J connectivity index is 0.828. The molecular weight excluding hydrogens is 1570 g/mol. The highest BCUT2D eigenvalue weighted by Crippen LogP contribution is 2.44. The molecule has 0 aliphatic carbocycles. The molecule has 0 atom stereocenters. The third kappa shape index (κ3) is 23.1. The Kier molecular flexibility index (Phi) is 28.3. The molecule has 16 rings (SSSR count). The van der Waals surface area contributed by atoms with Crippen LogP contribution in [-0.2, 0) is 72.5 Å². The van der Waals surface area contributed by atoms with Crippen LogP contribution in [-0.4, -0.2) is 33.3 Å². The van der Waals surface area contributed by atoms with E-state index < -0.39 is 33.3 Å². The molecule has 618 valence electrons. The first-order valence-electron chi connectivity index (χ1n) is 44.5. The van der Waals surface area contributed by atoms with Crippen molar-refractivity contribution in [3.05, 3.63) is 548 Å². The van der Waals surface area contributed by atoms with Gasteiger partial charge in [0.2, 0.25) is 0 Å². The summed E-state index contributed by atoms with van der Waals surface area (Å²) in [4.78, 5) is 0. The van der Waals surface area contributed by atoms with Gasteiger partial charge in [-0.15, -0.1) is 0 Å². The molecule has 4 nitrogen and oxygen atoms in total. The highest BCUT2D eigenvalue weighted by Gasteiger charge is 2.43. The molecule has 16 aromatic rings. The summed E-state index contributed by atoms with van der Waals surface area (Å²) < 4.78 is 32.0. The van der Waals surface area contributed by atoms with Gasteiger partial charge in [-0.05, 0) is 176 Å². The molecule has 124 heavy (non-hydrogen) atoms. The Morgan fingerprint density at radius 3 is 0.395 bits per heavy atom. The summed E-state index contributed by atoms with van der Waals surface area (Å²) in [5.41, 5.74) is 25.2. The SMILES string of the molecule is Cc1cc(C(CCC(c2ccc(O[Si](Cc3ccccc3)(Cc3ccccc3)Cc3ccccc3)c(C)c2)c2ccc(O[Si](Cc3ccccc3)(Cc3ccccc3)Cc3ccccc3)c(C)c2)c2ccc(O[Si](Cc3ccccc3)(Cc3ccccc3)Cc3ccccc3)c(C)c2)ccc1O[Si](Cc1ccccc1)(Cc1ccccc1)Cc1ccccc1. The number of hydrogen-bond donors (Lipinski definition) is 0. The van der Waals surface area contributed by atoms with Gasteiger partial charge < -0.3 is 17.7 Å². The Hall–Kier alpha value is -12.4. The van der Waals surface area contributed by atoms with Crippen LogP contribution < -0.4 is 17.7 Å². The van der Waals surface area contributed by atoms with Gasteiger partial charge in [-0.1, -0.05) is 413 Å². The normalized spacial score (nSPS) is 11.8. The van der Waals surface area contributed by atoms with Crippen molar-refractivity contribution in [1.29, 1.82) is 0 Å². The van der Waals surface area contributed by atoms with Crippen molar-refractivity contribution >= 4 is 33.3 Å². The van der Waals surface area contributed by atoms with Gasteiger partial charge in [0.1, 0.15) is 23.0 Å². The highest BCUT2D eigenvalue weighted by atomic mass is 28.4. The zero-order valence-corrected chi connectivity index (χ0v) is 76.3. The second-order valence-corrected chi connectivity index (χ2v) is 49.4. The molecule has 16 aromatic carbocycles. The Labute approximate surface area is 741 Å². The lowest BCUT2D eigenvalue weighted by molar-refractivity contribution is 0.517. The van der Waals surface area contributed by atoms with E-state index in [2.05, 4.69) is 464 Å². The van der Waals surface area contributed by atoms with Crippen LogP contribution in [0, 0.1) is 27.7 Å². The van der Waals surface area contributed by atoms with Crippen molar-refractivity contribution in [2.45, 2.75) is 125 Å². The van der Waals surface area contributed by atoms with Crippen LogP contribution in [0.1, 0.15) is 136 Å². The van der Waals surface area contributed by atoms with Gasteiger partial charge in [-0.3, -0.25) is 0 Å². The minimum absolute atomic E-state index is 0.0449. The third-order valence-electron chi connectivity index (χ3n) is 24.9.